The van der Waals surface area contributed by atoms with Crippen LogP contribution < -0.4 is 10.6 Å². The summed E-state index contributed by atoms with van der Waals surface area (Å²) in [5, 5.41) is 6.82. The number of hydrogen-bond acceptors (Lipinski definition) is 4. The summed E-state index contributed by atoms with van der Waals surface area (Å²) in [5.74, 6) is 0. The summed E-state index contributed by atoms with van der Waals surface area (Å²) in [6.07, 6.45) is 6.18. The van der Waals surface area contributed by atoms with E-state index in [1.165, 1.54) is 0 Å². The minimum atomic E-state index is 0.280. The zero-order valence-corrected chi connectivity index (χ0v) is 10.6. The van der Waals surface area contributed by atoms with E-state index in [1.807, 2.05) is 12.4 Å². The van der Waals surface area contributed by atoms with Gasteiger partial charge in [-0.2, -0.15) is 0 Å². The van der Waals surface area contributed by atoms with Gasteiger partial charge in [0.15, 0.2) is 0 Å². The van der Waals surface area contributed by atoms with Crippen LogP contribution in [-0.4, -0.2) is 30.3 Å². The number of aromatic nitrogens is 1. The molecule has 2 atom stereocenters. The first-order valence-corrected chi connectivity index (χ1v) is 6.36. The molecule has 1 aliphatic rings. The number of nitrogens with one attached hydrogen (secondary N) is 2. The van der Waals surface area contributed by atoms with Crippen LogP contribution >= 0.6 is 0 Å². The van der Waals surface area contributed by atoms with Crippen molar-refractivity contribution in [1.29, 1.82) is 0 Å². The minimum absolute atomic E-state index is 0.280. The van der Waals surface area contributed by atoms with E-state index in [0.717, 1.165) is 37.4 Å². The first kappa shape index (κ1) is 12.2. The van der Waals surface area contributed by atoms with Crippen molar-refractivity contribution in [3.63, 3.8) is 0 Å². The van der Waals surface area contributed by atoms with Crippen molar-refractivity contribution >= 4 is 11.4 Å². The first-order valence-electron chi connectivity index (χ1n) is 6.36. The Hall–Kier alpha value is -1.29. The fourth-order valence-electron chi connectivity index (χ4n) is 2.02. The van der Waals surface area contributed by atoms with E-state index in [9.17, 15) is 0 Å². The van der Waals surface area contributed by atoms with Gasteiger partial charge >= 0.3 is 0 Å². The second-order valence-corrected chi connectivity index (χ2v) is 4.50. The van der Waals surface area contributed by atoms with Gasteiger partial charge < -0.3 is 15.4 Å². The third kappa shape index (κ3) is 3.33. The quantitative estimate of drug-likeness (QED) is 0.823. The van der Waals surface area contributed by atoms with Gasteiger partial charge in [-0.25, -0.2) is 0 Å². The molecule has 2 unspecified atom stereocenters. The van der Waals surface area contributed by atoms with Crippen molar-refractivity contribution in [2.24, 2.45) is 0 Å². The topological polar surface area (TPSA) is 46.2 Å². The molecule has 2 N–H and O–H groups in total. The van der Waals surface area contributed by atoms with Crippen molar-refractivity contribution in [3.05, 3.63) is 18.5 Å². The Balaban J connectivity index is 1.95. The lowest BCUT2D eigenvalue weighted by Gasteiger charge is -2.17. The summed E-state index contributed by atoms with van der Waals surface area (Å²) < 4.78 is 5.53. The fraction of sp³-hybridized carbons (Fsp3) is 0.615. The highest BCUT2D eigenvalue weighted by molar-refractivity contribution is 5.54. The van der Waals surface area contributed by atoms with Crippen LogP contribution in [0, 0.1) is 0 Å². The van der Waals surface area contributed by atoms with E-state index >= 15 is 0 Å². The third-order valence-electron chi connectivity index (χ3n) is 3.05. The molecule has 2 heterocycles. The van der Waals surface area contributed by atoms with Crippen LogP contribution in [0.2, 0.25) is 0 Å². The Bertz CT molecular complexity index is 356. The average Bonchev–Trinajstić information content (AvgIpc) is 2.73. The maximum atomic E-state index is 5.53. The highest BCUT2D eigenvalue weighted by Crippen LogP contribution is 2.20. The molecule has 0 amide bonds. The second kappa shape index (κ2) is 5.87. The summed E-state index contributed by atoms with van der Waals surface area (Å²) in [6.45, 7) is 6.09. The number of ether oxygens (including phenoxy) is 1. The minimum Gasteiger partial charge on any atom is -0.384 e. The van der Waals surface area contributed by atoms with Crippen LogP contribution in [0.15, 0.2) is 18.5 Å². The molecule has 1 aromatic rings. The van der Waals surface area contributed by atoms with E-state index in [1.54, 1.807) is 0 Å². The van der Waals surface area contributed by atoms with Crippen molar-refractivity contribution < 1.29 is 4.74 Å². The predicted octanol–water partition coefficient (Wildman–Crippen LogP) is 2.49. The summed E-state index contributed by atoms with van der Waals surface area (Å²) in [6, 6.07) is 2.51. The van der Waals surface area contributed by atoms with Gasteiger partial charge in [-0.15, -0.1) is 0 Å². The maximum absolute atomic E-state index is 5.53. The fourth-order valence-corrected chi connectivity index (χ4v) is 2.02. The van der Waals surface area contributed by atoms with Gasteiger partial charge in [-0.3, -0.25) is 4.98 Å². The molecular formula is C13H21N3O. The van der Waals surface area contributed by atoms with E-state index in [2.05, 4.69) is 35.5 Å². The largest absolute Gasteiger partial charge is 0.384 e. The van der Waals surface area contributed by atoms with E-state index in [0.29, 0.717) is 6.04 Å². The lowest BCUT2D eigenvalue weighted by Crippen LogP contribution is -2.26. The smallest absolute Gasteiger partial charge is 0.0748 e. The molecule has 0 radical (unpaired) electrons. The molecule has 1 aliphatic heterocycles. The summed E-state index contributed by atoms with van der Waals surface area (Å²) in [7, 11) is 0. The normalized spacial score (nSPS) is 23.6. The van der Waals surface area contributed by atoms with Gasteiger partial charge in [0.05, 0.1) is 35.9 Å². The monoisotopic (exact) mass is 235 g/mol. The van der Waals surface area contributed by atoms with Gasteiger partial charge in [0.1, 0.15) is 0 Å². The van der Waals surface area contributed by atoms with E-state index < -0.39 is 0 Å². The zero-order valence-electron chi connectivity index (χ0n) is 10.6. The SMILES string of the molecule is CCCNc1cncc(NC2CCOC2C)c1. The maximum Gasteiger partial charge on any atom is 0.0748 e. The van der Waals surface area contributed by atoms with Crippen LogP contribution in [0.25, 0.3) is 0 Å². The highest BCUT2D eigenvalue weighted by atomic mass is 16.5. The molecule has 4 nitrogen and oxygen atoms in total. The predicted molar refractivity (Wildman–Crippen MR) is 70.5 cm³/mol. The number of nitrogens with zero attached hydrogens (tertiary/aromatic N) is 1. The first-order chi connectivity index (χ1) is 8.29. The summed E-state index contributed by atoms with van der Waals surface area (Å²) >= 11 is 0. The van der Waals surface area contributed by atoms with Crippen molar-refractivity contribution in [2.75, 3.05) is 23.8 Å². The molecule has 0 spiro atoms. The molecule has 0 saturated carbocycles. The Morgan fingerprint density at radius 2 is 2.24 bits per heavy atom. The highest BCUT2D eigenvalue weighted by Gasteiger charge is 2.23. The van der Waals surface area contributed by atoms with Crippen molar-refractivity contribution in [2.45, 2.75) is 38.8 Å². The summed E-state index contributed by atoms with van der Waals surface area (Å²) in [5.41, 5.74) is 2.14. The molecule has 17 heavy (non-hydrogen) atoms. The Morgan fingerprint density at radius 1 is 1.41 bits per heavy atom. The molecule has 1 aromatic heterocycles. The summed E-state index contributed by atoms with van der Waals surface area (Å²) in [4.78, 5) is 4.24. The van der Waals surface area contributed by atoms with Crippen LogP contribution in [0.4, 0.5) is 11.4 Å². The molecule has 0 aromatic carbocycles. The Morgan fingerprint density at radius 3 is 2.94 bits per heavy atom. The van der Waals surface area contributed by atoms with Gasteiger partial charge in [-0.05, 0) is 25.8 Å². The van der Waals surface area contributed by atoms with Crippen molar-refractivity contribution in [3.8, 4) is 0 Å². The average molecular weight is 235 g/mol. The second-order valence-electron chi connectivity index (χ2n) is 4.50. The Labute approximate surface area is 103 Å². The lowest BCUT2D eigenvalue weighted by molar-refractivity contribution is 0.121. The molecule has 1 saturated heterocycles. The standard InChI is InChI=1S/C13H21N3O/c1-3-5-15-11-7-12(9-14-8-11)16-13-4-6-17-10(13)2/h7-10,13,15-16H,3-6H2,1-2H3. The number of hydrogen-bond donors (Lipinski definition) is 2. The number of rotatable bonds is 5. The van der Waals surface area contributed by atoms with Gasteiger partial charge in [-0.1, -0.05) is 6.92 Å². The molecule has 94 valence electrons. The third-order valence-corrected chi connectivity index (χ3v) is 3.05. The number of anilines is 2. The van der Waals surface area contributed by atoms with Crippen LogP contribution in [0.3, 0.4) is 0 Å². The lowest BCUT2D eigenvalue weighted by atomic mass is 10.1. The molecule has 0 bridgehead atoms. The molecule has 4 heteroatoms. The van der Waals surface area contributed by atoms with Gasteiger partial charge in [0.2, 0.25) is 0 Å². The van der Waals surface area contributed by atoms with Crippen LogP contribution in [-0.2, 0) is 4.74 Å². The zero-order chi connectivity index (χ0) is 12.1. The van der Waals surface area contributed by atoms with Gasteiger partial charge in [0, 0.05) is 13.2 Å². The molecule has 1 fully saturated rings. The Kier molecular flexibility index (Phi) is 4.20. The van der Waals surface area contributed by atoms with Crippen LogP contribution in [0.5, 0.6) is 0 Å². The molecule has 2 rings (SSSR count). The van der Waals surface area contributed by atoms with E-state index in [-0.39, 0.29) is 6.10 Å². The molecule has 0 aliphatic carbocycles. The number of pyridine rings is 1. The van der Waals surface area contributed by atoms with Crippen LogP contribution in [0.1, 0.15) is 26.7 Å². The van der Waals surface area contributed by atoms with Gasteiger partial charge in [0.25, 0.3) is 0 Å². The van der Waals surface area contributed by atoms with Crippen molar-refractivity contribution in [1.82, 2.24) is 4.98 Å². The van der Waals surface area contributed by atoms with E-state index in [4.69, 9.17) is 4.74 Å². The molecular weight excluding hydrogens is 214 g/mol.